The molecule has 1 saturated heterocycles. The summed E-state index contributed by atoms with van der Waals surface area (Å²) in [6.45, 7) is 11.1. The number of amides is 2. The highest BCUT2D eigenvalue weighted by Gasteiger charge is 2.39. The van der Waals surface area contributed by atoms with Crippen LogP contribution >= 0.6 is 0 Å². The average Bonchev–Trinajstić information content (AvgIpc) is 2.96. The van der Waals surface area contributed by atoms with Gasteiger partial charge in [0.15, 0.2) is 0 Å². The molecule has 0 bridgehead atoms. The lowest BCUT2D eigenvalue weighted by Crippen LogP contribution is -2.35. The second-order valence-corrected chi connectivity index (χ2v) is 6.02. The number of nitrogens with one attached hydrogen (secondary N) is 1. The SMILES string of the molecule is CCC(C)=O.CCCCC1C(=O)NN(c2ccccc2)C1=O.CCOCC. The fourth-order valence-corrected chi connectivity index (χ4v) is 2.15. The molecule has 1 unspecified atom stereocenters. The van der Waals surface area contributed by atoms with E-state index in [-0.39, 0.29) is 17.6 Å². The molecule has 0 aliphatic carbocycles. The molecule has 2 rings (SSSR count). The number of hydrazine groups is 1. The van der Waals surface area contributed by atoms with Gasteiger partial charge in [-0.3, -0.25) is 15.0 Å². The summed E-state index contributed by atoms with van der Waals surface area (Å²) in [4.78, 5) is 33.6. The molecule has 1 fully saturated rings. The van der Waals surface area contributed by atoms with Gasteiger partial charge in [-0.2, -0.15) is 0 Å². The number of nitrogens with zero attached hydrogens (tertiary/aromatic N) is 1. The van der Waals surface area contributed by atoms with E-state index in [2.05, 4.69) is 5.43 Å². The second-order valence-electron chi connectivity index (χ2n) is 6.02. The van der Waals surface area contributed by atoms with E-state index in [1.807, 2.05) is 45.9 Å². The lowest BCUT2D eigenvalue weighted by Gasteiger charge is -2.14. The maximum absolute atomic E-state index is 12.1. The van der Waals surface area contributed by atoms with Crippen LogP contribution in [0.15, 0.2) is 30.3 Å². The Hall–Kier alpha value is -2.21. The van der Waals surface area contributed by atoms with Crippen molar-refractivity contribution in [3.05, 3.63) is 30.3 Å². The van der Waals surface area contributed by atoms with E-state index in [1.54, 1.807) is 19.1 Å². The number of rotatable bonds is 7. The highest BCUT2D eigenvalue weighted by atomic mass is 16.5. The van der Waals surface area contributed by atoms with Crippen LogP contribution in [0.2, 0.25) is 0 Å². The van der Waals surface area contributed by atoms with Crippen molar-refractivity contribution in [1.82, 2.24) is 5.43 Å². The third-order valence-corrected chi connectivity index (χ3v) is 3.82. The van der Waals surface area contributed by atoms with Gasteiger partial charge in [-0.05, 0) is 39.3 Å². The summed E-state index contributed by atoms with van der Waals surface area (Å²) in [5.74, 6) is -0.595. The number of carbonyl (C=O) groups excluding carboxylic acids is 3. The normalized spacial score (nSPS) is 15.3. The average molecular weight is 379 g/mol. The predicted molar refractivity (Wildman–Crippen MR) is 108 cm³/mol. The maximum atomic E-state index is 12.1. The van der Waals surface area contributed by atoms with Crippen molar-refractivity contribution >= 4 is 23.3 Å². The molecular weight excluding hydrogens is 344 g/mol. The Morgan fingerprint density at radius 3 is 2.04 bits per heavy atom. The molecule has 27 heavy (non-hydrogen) atoms. The van der Waals surface area contributed by atoms with Gasteiger partial charge in [-0.25, -0.2) is 5.01 Å². The van der Waals surface area contributed by atoms with Gasteiger partial charge in [0.05, 0.1) is 5.69 Å². The molecule has 6 heteroatoms. The van der Waals surface area contributed by atoms with E-state index in [0.717, 1.165) is 26.1 Å². The molecule has 152 valence electrons. The zero-order chi connectivity index (χ0) is 20.7. The number of hydrogen-bond acceptors (Lipinski definition) is 4. The van der Waals surface area contributed by atoms with Crippen LogP contribution in [0.1, 0.15) is 60.3 Å². The van der Waals surface area contributed by atoms with E-state index in [1.165, 1.54) is 5.01 Å². The van der Waals surface area contributed by atoms with Crippen LogP contribution in [0, 0.1) is 5.92 Å². The summed E-state index contributed by atoms with van der Waals surface area (Å²) < 4.78 is 4.83. The molecular formula is C21H34N2O4. The van der Waals surface area contributed by atoms with Crippen LogP contribution in [0.4, 0.5) is 5.69 Å². The van der Waals surface area contributed by atoms with E-state index in [0.29, 0.717) is 18.5 Å². The van der Waals surface area contributed by atoms with E-state index in [4.69, 9.17) is 4.74 Å². The van der Waals surface area contributed by atoms with Crippen LogP contribution in [0.5, 0.6) is 0 Å². The molecule has 1 aliphatic heterocycles. The predicted octanol–water partition coefficient (Wildman–Crippen LogP) is 3.90. The first-order valence-corrected chi connectivity index (χ1v) is 9.69. The zero-order valence-corrected chi connectivity index (χ0v) is 17.3. The molecule has 0 radical (unpaired) electrons. The third kappa shape index (κ3) is 9.89. The molecule has 1 N–H and O–H groups in total. The summed E-state index contributed by atoms with van der Waals surface area (Å²) >= 11 is 0. The number of benzene rings is 1. The topological polar surface area (TPSA) is 75.7 Å². The first-order chi connectivity index (χ1) is 12.9. The van der Waals surface area contributed by atoms with Crippen LogP contribution in [-0.2, 0) is 19.1 Å². The molecule has 2 amide bonds. The first kappa shape index (κ1) is 24.8. The molecule has 0 spiro atoms. The van der Waals surface area contributed by atoms with Crippen LogP contribution in [0.25, 0.3) is 0 Å². The van der Waals surface area contributed by atoms with Crippen LogP contribution in [0.3, 0.4) is 0 Å². The molecule has 1 atom stereocenters. The van der Waals surface area contributed by atoms with Crippen molar-refractivity contribution in [3.63, 3.8) is 0 Å². The van der Waals surface area contributed by atoms with Gasteiger partial charge < -0.3 is 9.53 Å². The van der Waals surface area contributed by atoms with Gasteiger partial charge in [0, 0.05) is 19.6 Å². The fourth-order valence-electron chi connectivity index (χ4n) is 2.15. The Labute approximate surface area is 163 Å². The minimum Gasteiger partial charge on any atom is -0.382 e. The Balaban J connectivity index is 0.000000563. The van der Waals surface area contributed by atoms with Crippen molar-refractivity contribution in [3.8, 4) is 0 Å². The Morgan fingerprint density at radius 2 is 1.63 bits per heavy atom. The van der Waals surface area contributed by atoms with Gasteiger partial charge in [-0.15, -0.1) is 0 Å². The Bertz CT molecular complexity index is 559. The Kier molecular flexibility index (Phi) is 13.7. The lowest BCUT2D eigenvalue weighted by molar-refractivity contribution is -0.128. The van der Waals surface area contributed by atoms with E-state index >= 15 is 0 Å². The monoisotopic (exact) mass is 378 g/mol. The number of carbonyl (C=O) groups is 3. The van der Waals surface area contributed by atoms with Gasteiger partial charge >= 0.3 is 0 Å². The van der Waals surface area contributed by atoms with E-state index in [9.17, 15) is 14.4 Å². The number of anilines is 1. The summed E-state index contributed by atoms with van der Waals surface area (Å²) in [6.07, 6.45) is 3.18. The first-order valence-electron chi connectivity index (χ1n) is 9.69. The van der Waals surface area contributed by atoms with Gasteiger partial charge in [-0.1, -0.05) is 44.9 Å². The number of ketones is 1. The van der Waals surface area contributed by atoms with Crippen molar-refractivity contribution < 1.29 is 19.1 Å². The number of ether oxygens (including phenoxy) is 1. The number of hydrogen-bond donors (Lipinski definition) is 1. The number of para-hydroxylation sites is 1. The fraction of sp³-hybridized carbons (Fsp3) is 0.571. The standard InChI is InChI=1S/C13H16N2O2.C4H10O.C4H8O/c1-2-3-9-11-12(16)14-15(13(11)17)10-7-5-4-6-8-10;1-3-5-4-2;1-3-4(2)5/h4-8,11H,2-3,9H2,1H3,(H,14,16);3-4H2,1-2H3;3H2,1-2H3. The summed E-state index contributed by atoms with van der Waals surface area (Å²) in [6, 6.07) is 9.17. The molecule has 1 aromatic rings. The van der Waals surface area contributed by atoms with Crippen LogP contribution < -0.4 is 10.4 Å². The molecule has 1 aliphatic rings. The Morgan fingerprint density at radius 1 is 1.07 bits per heavy atom. The molecule has 6 nitrogen and oxygen atoms in total. The van der Waals surface area contributed by atoms with Crippen LogP contribution in [-0.4, -0.2) is 30.8 Å². The third-order valence-electron chi connectivity index (χ3n) is 3.82. The summed E-state index contributed by atoms with van der Waals surface area (Å²) in [5, 5.41) is 1.35. The summed E-state index contributed by atoms with van der Waals surface area (Å²) in [7, 11) is 0. The molecule has 0 saturated carbocycles. The van der Waals surface area contributed by atoms with Crippen molar-refractivity contribution in [2.75, 3.05) is 18.2 Å². The molecule has 1 aromatic carbocycles. The van der Waals surface area contributed by atoms with Gasteiger partial charge in [0.2, 0.25) is 0 Å². The zero-order valence-electron chi connectivity index (χ0n) is 17.3. The number of Topliss-reactive ketones (excluding diaryl/α,β-unsaturated/α-hetero) is 1. The lowest BCUT2D eigenvalue weighted by atomic mass is 10.0. The van der Waals surface area contributed by atoms with Crippen molar-refractivity contribution in [2.24, 2.45) is 5.92 Å². The maximum Gasteiger partial charge on any atom is 0.258 e. The van der Waals surface area contributed by atoms with Gasteiger partial charge in [0.25, 0.3) is 11.8 Å². The minimum atomic E-state index is -0.518. The molecule has 0 aromatic heterocycles. The second kappa shape index (κ2) is 14.9. The van der Waals surface area contributed by atoms with E-state index < -0.39 is 5.92 Å². The largest absolute Gasteiger partial charge is 0.382 e. The highest BCUT2D eigenvalue weighted by molar-refractivity contribution is 6.14. The van der Waals surface area contributed by atoms with Crippen molar-refractivity contribution in [2.45, 2.75) is 60.3 Å². The van der Waals surface area contributed by atoms with Gasteiger partial charge in [0.1, 0.15) is 11.7 Å². The minimum absolute atomic E-state index is 0.144. The summed E-state index contributed by atoms with van der Waals surface area (Å²) in [5.41, 5.74) is 3.34. The molecule has 1 heterocycles. The highest BCUT2D eigenvalue weighted by Crippen LogP contribution is 2.22. The van der Waals surface area contributed by atoms with Crippen molar-refractivity contribution in [1.29, 1.82) is 0 Å². The smallest absolute Gasteiger partial charge is 0.258 e. The number of unbranched alkanes of at least 4 members (excludes halogenated alkanes) is 1. The quantitative estimate of drug-likeness (QED) is 0.730.